The van der Waals surface area contributed by atoms with Crippen molar-refractivity contribution < 1.29 is 13.9 Å². The lowest BCUT2D eigenvalue weighted by molar-refractivity contribution is -0.115. The zero-order chi connectivity index (χ0) is 19.4. The predicted molar refractivity (Wildman–Crippen MR) is 101 cm³/mol. The number of rotatable bonds is 6. The molecule has 0 unspecified atom stereocenters. The Bertz CT molecular complexity index is 962. The van der Waals surface area contributed by atoms with Crippen molar-refractivity contribution in [1.82, 2.24) is 20.2 Å². The zero-order valence-electron chi connectivity index (χ0n) is 15.0. The highest BCUT2D eigenvalue weighted by Crippen LogP contribution is 2.29. The Morgan fingerprint density at radius 1 is 1.30 bits per heavy atom. The highest BCUT2D eigenvalue weighted by molar-refractivity contribution is 8.00. The maximum absolute atomic E-state index is 13.3. The van der Waals surface area contributed by atoms with Gasteiger partial charge in [-0.2, -0.15) is 4.68 Å². The molecular formula is C18H18FN5O2S. The Labute approximate surface area is 159 Å². The van der Waals surface area contributed by atoms with Crippen molar-refractivity contribution in [2.75, 3.05) is 12.4 Å². The molecule has 9 heteroatoms. The van der Waals surface area contributed by atoms with Crippen LogP contribution in [0.1, 0.15) is 12.5 Å². The van der Waals surface area contributed by atoms with Crippen molar-refractivity contribution >= 4 is 23.4 Å². The second-order valence-corrected chi connectivity index (χ2v) is 7.12. The monoisotopic (exact) mass is 387 g/mol. The molecule has 0 radical (unpaired) electrons. The van der Waals surface area contributed by atoms with Crippen molar-refractivity contribution in [2.24, 2.45) is 0 Å². The van der Waals surface area contributed by atoms with Crippen molar-refractivity contribution in [1.29, 1.82) is 0 Å². The van der Waals surface area contributed by atoms with Gasteiger partial charge in [-0.25, -0.2) is 4.39 Å². The second kappa shape index (κ2) is 8.17. The molecule has 3 aromatic rings. The smallest absolute Gasteiger partial charge is 0.237 e. The summed E-state index contributed by atoms with van der Waals surface area (Å²) in [6.45, 7) is 3.68. The fraction of sp³-hybridized carbons (Fsp3) is 0.222. The Morgan fingerprint density at radius 3 is 2.85 bits per heavy atom. The number of ether oxygens (including phenoxy) is 1. The number of benzene rings is 2. The fourth-order valence-corrected chi connectivity index (χ4v) is 3.19. The van der Waals surface area contributed by atoms with E-state index in [1.165, 1.54) is 34.6 Å². The molecule has 0 aliphatic heterocycles. The number of hydrogen-bond donors (Lipinski definition) is 1. The molecule has 1 N–H and O–H groups in total. The Balaban J connectivity index is 1.78. The van der Waals surface area contributed by atoms with Crippen LogP contribution in [0, 0.1) is 12.7 Å². The number of amides is 1. The van der Waals surface area contributed by atoms with Crippen LogP contribution in [0.15, 0.2) is 47.6 Å². The number of nitrogens with zero attached hydrogens (tertiary/aromatic N) is 4. The number of carbonyl (C=O) groups excluding carboxylic acids is 1. The first-order chi connectivity index (χ1) is 13.0. The maximum Gasteiger partial charge on any atom is 0.237 e. The largest absolute Gasteiger partial charge is 0.494 e. The Kier molecular flexibility index (Phi) is 5.70. The van der Waals surface area contributed by atoms with Crippen LogP contribution in [-0.4, -0.2) is 38.5 Å². The van der Waals surface area contributed by atoms with Gasteiger partial charge in [0.1, 0.15) is 17.3 Å². The number of anilines is 1. The summed E-state index contributed by atoms with van der Waals surface area (Å²) in [4.78, 5) is 12.4. The van der Waals surface area contributed by atoms with Crippen LogP contribution >= 0.6 is 11.8 Å². The highest BCUT2D eigenvalue weighted by Gasteiger charge is 2.21. The Morgan fingerprint density at radius 2 is 2.11 bits per heavy atom. The number of aromatic nitrogens is 4. The average molecular weight is 387 g/mol. The van der Waals surface area contributed by atoms with E-state index >= 15 is 0 Å². The summed E-state index contributed by atoms with van der Waals surface area (Å²) >= 11 is 1.19. The van der Waals surface area contributed by atoms with Crippen LogP contribution in [0.4, 0.5) is 10.1 Å². The van der Waals surface area contributed by atoms with Crippen LogP contribution in [0.5, 0.6) is 5.75 Å². The summed E-state index contributed by atoms with van der Waals surface area (Å²) in [5.41, 5.74) is 2.10. The molecule has 1 amide bonds. The van der Waals surface area contributed by atoms with E-state index in [1.54, 1.807) is 20.1 Å². The minimum absolute atomic E-state index is 0.281. The standard InChI is InChI=1S/C18H18FN5O2S/c1-11-7-8-16(26-3)15(9-11)24-18(21-22-23-24)27-12(2)17(25)20-14-6-4-5-13(19)10-14/h4-10,12H,1-3H3,(H,20,25)/t12-/m0/s1. The molecule has 0 spiro atoms. The number of carbonyl (C=O) groups is 1. The molecule has 0 aliphatic carbocycles. The lowest BCUT2D eigenvalue weighted by Crippen LogP contribution is -2.23. The molecular weight excluding hydrogens is 369 g/mol. The van der Waals surface area contributed by atoms with Gasteiger partial charge in [0.05, 0.1) is 12.4 Å². The van der Waals surface area contributed by atoms with E-state index in [0.717, 1.165) is 5.56 Å². The quantitative estimate of drug-likeness (QED) is 0.654. The molecule has 0 bridgehead atoms. The van der Waals surface area contributed by atoms with Gasteiger partial charge in [-0.05, 0) is 60.2 Å². The summed E-state index contributed by atoms with van der Waals surface area (Å²) in [5, 5.41) is 14.4. The van der Waals surface area contributed by atoms with Gasteiger partial charge in [0, 0.05) is 5.69 Å². The van der Waals surface area contributed by atoms with Gasteiger partial charge in [0.2, 0.25) is 11.1 Å². The molecule has 0 saturated carbocycles. The van der Waals surface area contributed by atoms with Crippen molar-refractivity contribution in [3.05, 3.63) is 53.8 Å². The molecule has 1 aromatic heterocycles. The SMILES string of the molecule is COc1ccc(C)cc1-n1nnnc1S[C@@H](C)C(=O)Nc1cccc(F)c1. The topological polar surface area (TPSA) is 81.9 Å². The number of halogens is 1. The van der Waals surface area contributed by atoms with E-state index in [-0.39, 0.29) is 5.91 Å². The molecule has 1 heterocycles. The van der Waals surface area contributed by atoms with Crippen LogP contribution in [0.3, 0.4) is 0 Å². The van der Waals surface area contributed by atoms with Crippen molar-refractivity contribution in [3.8, 4) is 11.4 Å². The summed E-state index contributed by atoms with van der Waals surface area (Å²) in [5.74, 6) is -0.0773. The Hall–Kier alpha value is -2.94. The van der Waals surface area contributed by atoms with Gasteiger partial charge in [0.25, 0.3) is 0 Å². The summed E-state index contributed by atoms with van der Waals surface area (Å²) in [6.07, 6.45) is 0. The molecule has 140 valence electrons. The molecule has 27 heavy (non-hydrogen) atoms. The number of aryl methyl sites for hydroxylation is 1. The normalized spacial score (nSPS) is 11.9. The first-order valence-electron chi connectivity index (χ1n) is 8.14. The van der Waals surface area contributed by atoms with Gasteiger partial charge in [-0.15, -0.1) is 5.10 Å². The number of methoxy groups -OCH3 is 1. The summed E-state index contributed by atoms with van der Waals surface area (Å²) < 4.78 is 20.2. The van der Waals surface area contributed by atoms with Gasteiger partial charge in [-0.3, -0.25) is 4.79 Å². The van der Waals surface area contributed by atoms with Crippen LogP contribution in [0.25, 0.3) is 5.69 Å². The fourth-order valence-electron chi connectivity index (χ4n) is 2.39. The van der Waals surface area contributed by atoms with Gasteiger partial charge < -0.3 is 10.1 Å². The summed E-state index contributed by atoms with van der Waals surface area (Å²) in [7, 11) is 1.57. The third-order valence-corrected chi connectivity index (χ3v) is 4.78. The van der Waals surface area contributed by atoms with Crippen LogP contribution in [0.2, 0.25) is 0 Å². The second-order valence-electron chi connectivity index (χ2n) is 5.81. The van der Waals surface area contributed by atoms with E-state index in [4.69, 9.17) is 4.74 Å². The molecule has 0 saturated heterocycles. The van der Waals surface area contributed by atoms with Crippen molar-refractivity contribution in [2.45, 2.75) is 24.3 Å². The summed E-state index contributed by atoms with van der Waals surface area (Å²) in [6, 6.07) is 11.4. The van der Waals surface area contributed by atoms with Gasteiger partial charge >= 0.3 is 0 Å². The number of thioether (sulfide) groups is 1. The minimum Gasteiger partial charge on any atom is -0.494 e. The lowest BCUT2D eigenvalue weighted by atomic mass is 10.2. The average Bonchev–Trinajstić information content (AvgIpc) is 3.09. The van der Waals surface area contributed by atoms with E-state index < -0.39 is 11.1 Å². The minimum atomic E-state index is -0.506. The lowest BCUT2D eigenvalue weighted by Gasteiger charge is -2.13. The maximum atomic E-state index is 13.3. The van der Waals surface area contributed by atoms with E-state index in [2.05, 4.69) is 20.8 Å². The first kappa shape index (κ1) is 18.8. The van der Waals surface area contributed by atoms with E-state index in [9.17, 15) is 9.18 Å². The van der Waals surface area contributed by atoms with Crippen LogP contribution in [-0.2, 0) is 4.79 Å². The molecule has 2 aromatic carbocycles. The van der Waals surface area contributed by atoms with Crippen LogP contribution < -0.4 is 10.1 Å². The third-order valence-electron chi connectivity index (χ3n) is 3.75. The highest BCUT2D eigenvalue weighted by atomic mass is 32.2. The zero-order valence-corrected chi connectivity index (χ0v) is 15.8. The number of tetrazole rings is 1. The van der Waals surface area contributed by atoms with Crippen molar-refractivity contribution in [3.63, 3.8) is 0 Å². The van der Waals surface area contributed by atoms with Gasteiger partial charge in [-0.1, -0.05) is 23.9 Å². The number of nitrogens with one attached hydrogen (secondary N) is 1. The van der Waals surface area contributed by atoms with E-state index in [0.29, 0.717) is 22.3 Å². The van der Waals surface area contributed by atoms with Gasteiger partial charge in [0.15, 0.2) is 0 Å². The first-order valence-corrected chi connectivity index (χ1v) is 9.02. The van der Waals surface area contributed by atoms with E-state index in [1.807, 2.05) is 25.1 Å². The molecule has 0 aliphatic rings. The molecule has 3 rings (SSSR count). The molecule has 0 fully saturated rings. The third kappa shape index (κ3) is 4.43. The predicted octanol–water partition coefficient (Wildman–Crippen LogP) is 3.24. The number of hydrogen-bond acceptors (Lipinski definition) is 6. The molecule has 7 nitrogen and oxygen atoms in total. The molecule has 1 atom stereocenters.